The van der Waals surface area contributed by atoms with Crippen LogP contribution in [0.5, 0.6) is 17.2 Å². The van der Waals surface area contributed by atoms with Crippen LogP contribution in [0.2, 0.25) is 0 Å². The maximum atomic E-state index is 13.5. The van der Waals surface area contributed by atoms with Crippen LogP contribution in [0.15, 0.2) is 72.8 Å². The van der Waals surface area contributed by atoms with E-state index >= 15 is 0 Å². The third-order valence-electron chi connectivity index (χ3n) is 3.91. The molecule has 0 aliphatic carbocycles. The average Bonchev–Trinajstić information content (AvgIpc) is 2.66. The van der Waals surface area contributed by atoms with Gasteiger partial charge in [-0.05, 0) is 55.7 Å². The minimum atomic E-state index is -4.67. The van der Waals surface area contributed by atoms with E-state index in [2.05, 4.69) is 0 Å². The van der Waals surface area contributed by atoms with Crippen molar-refractivity contribution in [3.05, 3.63) is 89.5 Å². The SMILES string of the molecule is Cc1ccccc1OP(=O)(Oc1ccccc1C)Oc1ccccc1C.O=S(=O)(O)O. The van der Waals surface area contributed by atoms with Crippen molar-refractivity contribution in [2.24, 2.45) is 0 Å². The second-order valence-electron chi connectivity index (χ2n) is 6.47. The van der Waals surface area contributed by atoms with E-state index in [1.54, 1.807) is 18.2 Å². The first-order chi connectivity index (χ1) is 14.5. The van der Waals surface area contributed by atoms with Crippen LogP contribution in [0.3, 0.4) is 0 Å². The van der Waals surface area contributed by atoms with Crippen LogP contribution in [0.25, 0.3) is 0 Å². The van der Waals surface area contributed by atoms with E-state index in [0.29, 0.717) is 17.2 Å². The highest BCUT2D eigenvalue weighted by Crippen LogP contribution is 2.51. The second-order valence-corrected chi connectivity index (χ2v) is 8.80. The smallest absolute Gasteiger partial charge is 0.386 e. The first-order valence-corrected chi connectivity index (χ1v) is 11.9. The fraction of sp³-hybridized carbons (Fsp3) is 0.143. The number of rotatable bonds is 6. The van der Waals surface area contributed by atoms with Gasteiger partial charge in [-0.1, -0.05) is 54.6 Å². The Balaban J connectivity index is 0.000000614. The van der Waals surface area contributed by atoms with Gasteiger partial charge < -0.3 is 13.6 Å². The molecule has 0 spiro atoms. The van der Waals surface area contributed by atoms with Gasteiger partial charge in [-0.25, -0.2) is 0 Å². The van der Waals surface area contributed by atoms with Crippen LogP contribution in [0.4, 0.5) is 0 Å². The van der Waals surface area contributed by atoms with E-state index in [0.717, 1.165) is 16.7 Å². The molecular weight excluding hydrogens is 443 g/mol. The summed E-state index contributed by atoms with van der Waals surface area (Å²) in [5.74, 6) is 1.37. The molecule has 8 nitrogen and oxygen atoms in total. The van der Waals surface area contributed by atoms with Gasteiger partial charge in [0.05, 0.1) is 0 Å². The maximum absolute atomic E-state index is 13.5. The lowest BCUT2D eigenvalue weighted by atomic mass is 10.2. The zero-order chi connectivity index (χ0) is 23.1. The third-order valence-corrected chi connectivity index (χ3v) is 5.17. The molecule has 0 amide bonds. The predicted octanol–water partition coefficient (Wildman–Crippen LogP) is 5.60. The van der Waals surface area contributed by atoms with Crippen LogP contribution >= 0.6 is 7.82 Å². The molecule has 3 aromatic rings. The number of phosphoric acid groups is 1. The topological polar surface area (TPSA) is 119 Å². The molecule has 0 radical (unpaired) electrons. The van der Waals surface area contributed by atoms with Crippen LogP contribution in [-0.2, 0) is 15.0 Å². The molecule has 0 bridgehead atoms. The maximum Gasteiger partial charge on any atom is 0.647 e. The summed E-state index contributed by atoms with van der Waals surface area (Å²) in [5.41, 5.74) is 2.53. The van der Waals surface area contributed by atoms with Gasteiger partial charge in [-0.2, -0.15) is 13.0 Å². The molecule has 0 saturated heterocycles. The normalized spacial score (nSPS) is 11.1. The van der Waals surface area contributed by atoms with Crippen molar-refractivity contribution in [2.75, 3.05) is 0 Å². The first kappa shape index (κ1) is 24.4. The molecule has 0 aliphatic heterocycles. The molecule has 3 rings (SSSR count). The monoisotopic (exact) mass is 466 g/mol. The lowest BCUT2D eigenvalue weighted by Gasteiger charge is -2.21. The number of phosphoric ester groups is 1. The minimum Gasteiger partial charge on any atom is -0.386 e. The van der Waals surface area contributed by atoms with Crippen molar-refractivity contribution >= 4 is 18.2 Å². The van der Waals surface area contributed by atoms with E-state index in [1.165, 1.54) is 0 Å². The Labute approximate surface area is 181 Å². The minimum absolute atomic E-state index is 0.456. The summed E-state index contributed by atoms with van der Waals surface area (Å²) < 4.78 is 62.4. The number of para-hydroxylation sites is 3. The highest BCUT2D eigenvalue weighted by atomic mass is 32.3. The van der Waals surface area contributed by atoms with Crippen molar-refractivity contribution < 1.29 is 35.7 Å². The Morgan fingerprint density at radius 2 is 0.839 bits per heavy atom. The molecule has 10 heteroatoms. The summed E-state index contributed by atoms with van der Waals surface area (Å²) in [5, 5.41) is 0. The molecular formula is C21H23O8PS. The van der Waals surface area contributed by atoms with E-state index in [4.69, 9.17) is 31.1 Å². The summed E-state index contributed by atoms with van der Waals surface area (Å²) >= 11 is 0. The van der Waals surface area contributed by atoms with E-state index in [9.17, 15) is 4.57 Å². The lowest BCUT2D eigenvalue weighted by molar-refractivity contribution is 0.296. The molecule has 0 fully saturated rings. The van der Waals surface area contributed by atoms with E-state index in [-0.39, 0.29) is 0 Å². The second kappa shape index (κ2) is 10.5. The molecule has 0 atom stereocenters. The van der Waals surface area contributed by atoms with Crippen molar-refractivity contribution in [1.82, 2.24) is 0 Å². The summed E-state index contributed by atoms with van der Waals surface area (Å²) in [6, 6.07) is 22.0. The number of benzene rings is 3. The van der Waals surface area contributed by atoms with Gasteiger partial charge in [0.2, 0.25) is 0 Å². The standard InChI is InChI=1S/C21H21O4P.H2O4S/c1-16-10-4-7-13-19(16)23-26(22,24-20-14-8-5-11-17(20)2)25-21-15-9-6-12-18(21)3;1-5(2,3)4/h4-15H,1-3H3;(H2,1,2,3,4). The first-order valence-electron chi connectivity index (χ1n) is 9.02. The van der Waals surface area contributed by atoms with Crippen LogP contribution in [0.1, 0.15) is 16.7 Å². The molecule has 0 heterocycles. The Hall–Kier alpha value is -2.84. The zero-order valence-corrected chi connectivity index (χ0v) is 18.8. The number of aryl methyl sites for hydroxylation is 3. The molecule has 0 aliphatic rings. The fourth-order valence-electron chi connectivity index (χ4n) is 2.39. The Morgan fingerprint density at radius 1 is 0.613 bits per heavy atom. The van der Waals surface area contributed by atoms with E-state index < -0.39 is 18.2 Å². The fourth-order valence-corrected chi connectivity index (χ4v) is 3.84. The van der Waals surface area contributed by atoms with Crippen LogP contribution in [-0.4, -0.2) is 17.5 Å². The number of hydrogen-bond donors (Lipinski definition) is 2. The highest BCUT2D eigenvalue weighted by molar-refractivity contribution is 7.79. The molecule has 3 aromatic carbocycles. The molecule has 0 aromatic heterocycles. The highest BCUT2D eigenvalue weighted by Gasteiger charge is 2.34. The van der Waals surface area contributed by atoms with Crippen molar-refractivity contribution in [3.8, 4) is 17.2 Å². The van der Waals surface area contributed by atoms with Gasteiger partial charge in [-0.15, -0.1) is 0 Å². The number of hydrogen-bond acceptors (Lipinski definition) is 6. The van der Waals surface area contributed by atoms with Gasteiger partial charge in [0.15, 0.2) is 0 Å². The molecule has 166 valence electrons. The van der Waals surface area contributed by atoms with Gasteiger partial charge in [0, 0.05) is 0 Å². The summed E-state index contributed by atoms with van der Waals surface area (Å²) in [6.07, 6.45) is 0. The Kier molecular flexibility index (Phi) is 8.24. The van der Waals surface area contributed by atoms with Gasteiger partial charge >= 0.3 is 18.2 Å². The lowest BCUT2D eigenvalue weighted by Crippen LogP contribution is -2.09. The predicted molar refractivity (Wildman–Crippen MR) is 117 cm³/mol. The Morgan fingerprint density at radius 3 is 1.06 bits per heavy atom. The molecule has 0 unspecified atom stereocenters. The zero-order valence-electron chi connectivity index (χ0n) is 17.1. The third kappa shape index (κ3) is 8.43. The van der Waals surface area contributed by atoms with Gasteiger partial charge in [-0.3, -0.25) is 9.11 Å². The molecule has 2 N–H and O–H groups in total. The van der Waals surface area contributed by atoms with E-state index in [1.807, 2.05) is 75.4 Å². The average molecular weight is 466 g/mol. The van der Waals surface area contributed by atoms with Crippen molar-refractivity contribution in [3.63, 3.8) is 0 Å². The van der Waals surface area contributed by atoms with Crippen molar-refractivity contribution in [2.45, 2.75) is 20.8 Å². The molecule has 0 saturated carbocycles. The Bertz CT molecular complexity index is 1050. The summed E-state index contributed by atoms with van der Waals surface area (Å²) in [6.45, 7) is 5.63. The van der Waals surface area contributed by atoms with Crippen LogP contribution in [0, 0.1) is 20.8 Å². The van der Waals surface area contributed by atoms with Crippen molar-refractivity contribution in [1.29, 1.82) is 0 Å². The quantitative estimate of drug-likeness (QED) is 0.356. The summed E-state index contributed by atoms with van der Waals surface area (Å²) in [7, 11) is -8.63. The largest absolute Gasteiger partial charge is 0.647 e. The van der Waals surface area contributed by atoms with Gasteiger partial charge in [0.25, 0.3) is 0 Å². The summed E-state index contributed by atoms with van der Waals surface area (Å²) in [4.78, 5) is 0. The van der Waals surface area contributed by atoms with Crippen LogP contribution < -0.4 is 13.6 Å². The molecule has 31 heavy (non-hydrogen) atoms. The van der Waals surface area contributed by atoms with Gasteiger partial charge in [0.1, 0.15) is 17.2 Å².